The summed E-state index contributed by atoms with van der Waals surface area (Å²) in [4.78, 5) is 12.3. The smallest absolute Gasteiger partial charge is 0.265 e. The number of aliphatic hydroxyl groups excluding tert-OH is 1. The van der Waals surface area contributed by atoms with E-state index in [4.69, 9.17) is 5.84 Å². The topological polar surface area (TPSA) is 150 Å². The summed E-state index contributed by atoms with van der Waals surface area (Å²) in [6.45, 7) is 1.65. The van der Waals surface area contributed by atoms with Crippen LogP contribution < -0.4 is 10.9 Å². The van der Waals surface area contributed by atoms with Crippen molar-refractivity contribution in [2.45, 2.75) is 19.6 Å². The number of hydrogen-bond donors (Lipinski definition) is 4. The molecule has 120 valence electrons. The fraction of sp³-hybridized carbons (Fsp3) is 0.231. The molecule has 10 heteroatoms. The van der Waals surface area contributed by atoms with E-state index in [1.54, 1.807) is 6.92 Å². The lowest BCUT2D eigenvalue weighted by Crippen LogP contribution is -2.50. The minimum Gasteiger partial charge on any atom is -0.508 e. The molecule has 5 N–H and O–H groups in total. The number of nitrogens with two attached hydrogens (primary N) is 1. The Morgan fingerprint density at radius 3 is 2.78 bits per heavy atom. The van der Waals surface area contributed by atoms with Crippen LogP contribution in [0.4, 0.5) is 5.95 Å². The number of phenolic OH excluding ortho intramolecular Hbond substituents is 2. The zero-order valence-corrected chi connectivity index (χ0v) is 12.1. The standard InChI is InChI=1S/C13H14N6O4/c1-6-15-16-13-18(14)12(23)9(17-19(6)13)5-11(22)8-3-2-7(20)4-10(8)21/h2-4,12,20-21,23H,5,14H2,1H3. The van der Waals surface area contributed by atoms with Crippen LogP contribution in [-0.4, -0.2) is 47.9 Å². The molecule has 10 nitrogen and oxygen atoms in total. The average molecular weight is 318 g/mol. The number of carbonyl (C=O) groups is 1. The van der Waals surface area contributed by atoms with E-state index in [0.29, 0.717) is 5.82 Å². The summed E-state index contributed by atoms with van der Waals surface area (Å²) in [7, 11) is 0. The maximum atomic E-state index is 12.3. The highest BCUT2D eigenvalue weighted by Gasteiger charge is 2.31. The lowest BCUT2D eigenvalue weighted by atomic mass is 10.0. The summed E-state index contributed by atoms with van der Waals surface area (Å²) in [6.07, 6.45) is -1.61. The van der Waals surface area contributed by atoms with E-state index in [-0.39, 0.29) is 35.1 Å². The number of aromatic hydroxyl groups is 2. The molecule has 2 heterocycles. The molecular weight excluding hydrogens is 304 g/mol. The number of aliphatic hydroxyl groups is 1. The van der Waals surface area contributed by atoms with Crippen LogP contribution in [0.2, 0.25) is 0 Å². The summed E-state index contributed by atoms with van der Waals surface area (Å²) in [6, 6.07) is 3.63. The molecule has 0 radical (unpaired) electrons. The molecule has 0 saturated carbocycles. The number of aryl methyl sites for hydroxylation is 1. The number of Topliss-reactive ketones (excluding diaryl/α,β-unsaturated/α-hetero) is 1. The maximum Gasteiger partial charge on any atom is 0.265 e. The Bertz CT molecular complexity index is 815. The zero-order valence-electron chi connectivity index (χ0n) is 12.1. The van der Waals surface area contributed by atoms with Crippen LogP contribution in [-0.2, 0) is 0 Å². The molecule has 0 fully saturated rings. The molecule has 1 unspecified atom stereocenters. The van der Waals surface area contributed by atoms with Gasteiger partial charge in [-0.2, -0.15) is 9.78 Å². The number of benzene rings is 1. The summed E-state index contributed by atoms with van der Waals surface area (Å²) in [5, 5.41) is 41.8. The number of hydrogen-bond acceptors (Lipinski definition) is 9. The second-order valence-corrected chi connectivity index (χ2v) is 5.03. The number of carbonyl (C=O) groups excluding carboxylic acids is 1. The largest absolute Gasteiger partial charge is 0.508 e. The molecule has 1 atom stereocenters. The number of fused-ring (bicyclic) bond motifs is 1. The number of aromatic nitrogens is 3. The first-order valence-electron chi connectivity index (χ1n) is 6.65. The van der Waals surface area contributed by atoms with Crippen molar-refractivity contribution in [1.82, 2.24) is 14.9 Å². The highest BCUT2D eigenvalue weighted by atomic mass is 16.3. The fourth-order valence-electron chi connectivity index (χ4n) is 2.22. The Labute approximate surface area is 130 Å². The van der Waals surface area contributed by atoms with Gasteiger partial charge in [0.15, 0.2) is 17.8 Å². The zero-order chi connectivity index (χ0) is 16.7. The Morgan fingerprint density at radius 2 is 2.09 bits per heavy atom. The first-order valence-corrected chi connectivity index (χ1v) is 6.65. The minimum absolute atomic E-state index is 0.00699. The van der Waals surface area contributed by atoms with E-state index in [9.17, 15) is 20.1 Å². The monoisotopic (exact) mass is 318 g/mol. The van der Waals surface area contributed by atoms with Crippen LogP contribution in [0.15, 0.2) is 23.3 Å². The van der Waals surface area contributed by atoms with Crippen molar-refractivity contribution in [3.8, 4) is 11.5 Å². The highest BCUT2D eigenvalue weighted by molar-refractivity contribution is 6.12. The van der Waals surface area contributed by atoms with E-state index in [0.717, 1.165) is 11.1 Å². The van der Waals surface area contributed by atoms with Gasteiger partial charge in [-0.05, 0) is 19.1 Å². The molecule has 3 rings (SSSR count). The Kier molecular flexibility index (Phi) is 3.47. The van der Waals surface area contributed by atoms with Gasteiger partial charge < -0.3 is 15.3 Å². The number of ketones is 1. The average Bonchev–Trinajstić information content (AvgIpc) is 2.85. The van der Waals surface area contributed by atoms with Crippen molar-refractivity contribution in [2.24, 2.45) is 10.9 Å². The van der Waals surface area contributed by atoms with Gasteiger partial charge in [0.1, 0.15) is 11.5 Å². The van der Waals surface area contributed by atoms with Crippen molar-refractivity contribution >= 4 is 17.4 Å². The van der Waals surface area contributed by atoms with Crippen molar-refractivity contribution < 1.29 is 20.1 Å². The van der Waals surface area contributed by atoms with E-state index in [1.807, 2.05) is 0 Å². The predicted octanol–water partition coefficient (Wildman–Crippen LogP) is -0.513. The molecule has 1 aromatic carbocycles. The number of nitrogens with zero attached hydrogens (tertiary/aromatic N) is 5. The van der Waals surface area contributed by atoms with Crippen LogP contribution in [0.25, 0.3) is 0 Å². The second-order valence-electron chi connectivity index (χ2n) is 5.03. The predicted molar refractivity (Wildman–Crippen MR) is 79.0 cm³/mol. The summed E-state index contributed by atoms with van der Waals surface area (Å²) >= 11 is 0. The molecule has 0 amide bonds. The molecule has 0 bridgehead atoms. The minimum atomic E-state index is -1.34. The first kappa shape index (κ1) is 14.9. The lowest BCUT2D eigenvalue weighted by Gasteiger charge is -2.28. The van der Waals surface area contributed by atoms with Gasteiger partial charge in [-0.1, -0.05) is 0 Å². The molecule has 1 aromatic heterocycles. The van der Waals surface area contributed by atoms with Gasteiger partial charge in [0, 0.05) is 6.07 Å². The Balaban J connectivity index is 1.91. The van der Waals surface area contributed by atoms with E-state index in [2.05, 4.69) is 15.3 Å². The third kappa shape index (κ3) is 2.49. The number of anilines is 1. The highest BCUT2D eigenvalue weighted by Crippen LogP contribution is 2.25. The van der Waals surface area contributed by atoms with Crippen LogP contribution in [0, 0.1) is 6.92 Å². The SMILES string of the molecule is Cc1nnc2n1N=C(CC(=O)c1ccc(O)cc1O)C(O)N2N. The molecule has 23 heavy (non-hydrogen) atoms. The quantitative estimate of drug-likeness (QED) is 0.436. The molecule has 0 saturated heterocycles. The normalized spacial score (nSPS) is 16.9. The lowest BCUT2D eigenvalue weighted by molar-refractivity contribution is 0.0992. The Morgan fingerprint density at radius 1 is 1.35 bits per heavy atom. The van der Waals surface area contributed by atoms with Crippen molar-refractivity contribution in [3.63, 3.8) is 0 Å². The third-order valence-corrected chi connectivity index (χ3v) is 3.42. The summed E-state index contributed by atoms with van der Waals surface area (Å²) in [5.74, 6) is 5.34. The van der Waals surface area contributed by atoms with Crippen LogP contribution >= 0.6 is 0 Å². The molecule has 2 aromatic rings. The van der Waals surface area contributed by atoms with Crippen molar-refractivity contribution in [1.29, 1.82) is 0 Å². The second kappa shape index (κ2) is 5.34. The van der Waals surface area contributed by atoms with Gasteiger partial charge in [-0.15, -0.1) is 10.2 Å². The molecular formula is C13H14N6O4. The Hall–Kier alpha value is -2.98. The first-order chi connectivity index (χ1) is 10.9. The number of hydrazine groups is 1. The summed E-state index contributed by atoms with van der Waals surface area (Å²) in [5.41, 5.74) is 0.0907. The van der Waals surface area contributed by atoms with Crippen LogP contribution in [0.1, 0.15) is 22.6 Å². The van der Waals surface area contributed by atoms with Gasteiger partial charge in [-0.3, -0.25) is 4.79 Å². The van der Waals surface area contributed by atoms with Crippen molar-refractivity contribution in [2.75, 3.05) is 5.01 Å². The van der Waals surface area contributed by atoms with Gasteiger partial charge in [0.25, 0.3) is 5.95 Å². The molecule has 1 aliphatic heterocycles. The fourth-order valence-corrected chi connectivity index (χ4v) is 2.22. The number of rotatable bonds is 3. The van der Waals surface area contributed by atoms with Crippen LogP contribution in [0.5, 0.6) is 11.5 Å². The van der Waals surface area contributed by atoms with E-state index in [1.165, 1.54) is 16.8 Å². The molecule has 0 spiro atoms. The molecule has 0 aliphatic carbocycles. The van der Waals surface area contributed by atoms with Gasteiger partial charge >= 0.3 is 0 Å². The van der Waals surface area contributed by atoms with Crippen molar-refractivity contribution in [3.05, 3.63) is 29.6 Å². The van der Waals surface area contributed by atoms with E-state index >= 15 is 0 Å². The third-order valence-electron chi connectivity index (χ3n) is 3.42. The van der Waals surface area contributed by atoms with Gasteiger partial charge in [0.2, 0.25) is 0 Å². The van der Waals surface area contributed by atoms with E-state index < -0.39 is 12.0 Å². The number of phenols is 2. The van der Waals surface area contributed by atoms with Crippen LogP contribution in [0.3, 0.4) is 0 Å². The van der Waals surface area contributed by atoms with Gasteiger partial charge in [0.05, 0.1) is 17.7 Å². The summed E-state index contributed by atoms with van der Waals surface area (Å²) < 4.78 is 1.31. The maximum absolute atomic E-state index is 12.3. The van der Waals surface area contributed by atoms with Gasteiger partial charge in [-0.25, -0.2) is 10.9 Å². The molecule has 1 aliphatic rings.